The standard InChI is InChI=1S/C12H18ClN3OS/c1-8(2)16-12(17)11(13)10(6-15-16)14-5-9-3-4-18-7-9/h6,8-9,14H,3-5,7H2,1-2H3. The Morgan fingerprint density at radius 3 is 3.06 bits per heavy atom. The topological polar surface area (TPSA) is 46.9 Å². The first-order valence-corrected chi connectivity index (χ1v) is 7.71. The van der Waals surface area contributed by atoms with E-state index in [0.717, 1.165) is 6.54 Å². The van der Waals surface area contributed by atoms with Crippen LogP contribution in [-0.2, 0) is 0 Å². The first-order valence-electron chi connectivity index (χ1n) is 6.18. The van der Waals surface area contributed by atoms with Crippen LogP contribution in [-0.4, -0.2) is 27.8 Å². The average Bonchev–Trinajstić information content (AvgIpc) is 2.83. The summed E-state index contributed by atoms with van der Waals surface area (Å²) in [6.07, 6.45) is 2.87. The van der Waals surface area contributed by atoms with E-state index in [2.05, 4.69) is 10.4 Å². The summed E-state index contributed by atoms with van der Waals surface area (Å²) in [7, 11) is 0. The second-order valence-corrected chi connectivity index (χ2v) is 6.35. The van der Waals surface area contributed by atoms with Crippen molar-refractivity contribution in [3.63, 3.8) is 0 Å². The van der Waals surface area contributed by atoms with Crippen LogP contribution in [0, 0.1) is 5.92 Å². The Morgan fingerprint density at radius 1 is 1.67 bits per heavy atom. The van der Waals surface area contributed by atoms with Crippen LogP contribution >= 0.6 is 23.4 Å². The number of nitrogens with one attached hydrogen (secondary N) is 1. The van der Waals surface area contributed by atoms with E-state index < -0.39 is 0 Å². The fourth-order valence-electron chi connectivity index (χ4n) is 1.93. The predicted octanol–water partition coefficient (Wildman–Crippen LogP) is 2.64. The zero-order valence-corrected chi connectivity index (χ0v) is 12.2. The zero-order chi connectivity index (χ0) is 13.1. The van der Waals surface area contributed by atoms with E-state index in [1.54, 1.807) is 6.20 Å². The second kappa shape index (κ2) is 5.97. The first kappa shape index (κ1) is 13.7. The van der Waals surface area contributed by atoms with Gasteiger partial charge < -0.3 is 5.32 Å². The summed E-state index contributed by atoms with van der Waals surface area (Å²) in [5.41, 5.74) is 0.424. The van der Waals surface area contributed by atoms with Gasteiger partial charge >= 0.3 is 0 Å². The van der Waals surface area contributed by atoms with Crippen molar-refractivity contribution in [2.24, 2.45) is 5.92 Å². The molecule has 1 aromatic rings. The highest BCUT2D eigenvalue weighted by Crippen LogP contribution is 2.24. The summed E-state index contributed by atoms with van der Waals surface area (Å²) >= 11 is 8.06. The Kier molecular flexibility index (Phi) is 4.56. The van der Waals surface area contributed by atoms with E-state index in [9.17, 15) is 4.79 Å². The molecule has 100 valence electrons. The van der Waals surface area contributed by atoms with Crippen molar-refractivity contribution in [3.8, 4) is 0 Å². The maximum atomic E-state index is 12.0. The molecule has 0 saturated carbocycles. The monoisotopic (exact) mass is 287 g/mol. The molecular weight excluding hydrogens is 270 g/mol. The summed E-state index contributed by atoms with van der Waals surface area (Å²) in [6, 6.07) is 0.0234. The quantitative estimate of drug-likeness (QED) is 0.925. The van der Waals surface area contributed by atoms with E-state index >= 15 is 0 Å². The third kappa shape index (κ3) is 3.01. The fraction of sp³-hybridized carbons (Fsp3) is 0.667. The molecule has 1 aliphatic rings. The lowest BCUT2D eigenvalue weighted by atomic mass is 10.1. The molecule has 6 heteroatoms. The van der Waals surface area contributed by atoms with Crippen LogP contribution in [0.2, 0.25) is 5.02 Å². The van der Waals surface area contributed by atoms with Crippen LogP contribution < -0.4 is 10.9 Å². The molecule has 0 bridgehead atoms. The van der Waals surface area contributed by atoms with Crippen LogP contribution in [0.1, 0.15) is 26.3 Å². The van der Waals surface area contributed by atoms with E-state index in [0.29, 0.717) is 11.6 Å². The summed E-state index contributed by atoms with van der Waals surface area (Å²) in [5, 5.41) is 7.62. The third-order valence-electron chi connectivity index (χ3n) is 3.04. The van der Waals surface area contributed by atoms with Crippen molar-refractivity contribution in [2.75, 3.05) is 23.4 Å². The van der Waals surface area contributed by atoms with Gasteiger partial charge in [0.05, 0.1) is 17.9 Å². The second-order valence-electron chi connectivity index (χ2n) is 4.83. The predicted molar refractivity (Wildman–Crippen MR) is 77.8 cm³/mol. The summed E-state index contributed by atoms with van der Waals surface area (Å²) in [4.78, 5) is 12.0. The van der Waals surface area contributed by atoms with Crippen LogP contribution in [0.5, 0.6) is 0 Å². The SMILES string of the molecule is CC(C)n1ncc(NCC2CCSC2)c(Cl)c1=O. The van der Waals surface area contributed by atoms with E-state index in [1.165, 1.54) is 22.6 Å². The number of aromatic nitrogens is 2. The van der Waals surface area contributed by atoms with E-state index in [1.807, 2.05) is 25.6 Å². The molecular formula is C12H18ClN3OS. The van der Waals surface area contributed by atoms with E-state index in [-0.39, 0.29) is 16.6 Å². The average molecular weight is 288 g/mol. The summed E-state index contributed by atoms with van der Waals surface area (Å²) < 4.78 is 1.40. The number of hydrogen-bond donors (Lipinski definition) is 1. The van der Waals surface area contributed by atoms with Gasteiger partial charge in [-0.05, 0) is 37.7 Å². The molecule has 1 aliphatic heterocycles. The van der Waals surface area contributed by atoms with Crippen molar-refractivity contribution in [1.29, 1.82) is 0 Å². The highest BCUT2D eigenvalue weighted by molar-refractivity contribution is 7.99. The number of nitrogens with zero attached hydrogens (tertiary/aromatic N) is 2. The number of rotatable bonds is 4. The van der Waals surface area contributed by atoms with Gasteiger partial charge in [0.15, 0.2) is 0 Å². The Bertz CT molecular complexity index is 469. The van der Waals surface area contributed by atoms with E-state index in [4.69, 9.17) is 11.6 Å². The lowest BCUT2D eigenvalue weighted by Crippen LogP contribution is -2.26. The van der Waals surface area contributed by atoms with Gasteiger partial charge in [0.1, 0.15) is 5.02 Å². The normalized spacial score (nSPS) is 19.4. The maximum absolute atomic E-state index is 12.0. The van der Waals surface area contributed by atoms with Gasteiger partial charge in [-0.1, -0.05) is 11.6 Å². The summed E-state index contributed by atoms with van der Waals surface area (Å²) in [6.45, 7) is 4.68. The highest BCUT2D eigenvalue weighted by atomic mass is 35.5. The van der Waals surface area contributed by atoms with Crippen LogP contribution in [0.25, 0.3) is 0 Å². The number of halogens is 1. The molecule has 1 fully saturated rings. The van der Waals surface area contributed by atoms with Crippen molar-refractivity contribution < 1.29 is 0 Å². The molecule has 0 amide bonds. The molecule has 18 heavy (non-hydrogen) atoms. The van der Waals surface area contributed by atoms with Crippen molar-refractivity contribution in [2.45, 2.75) is 26.3 Å². The van der Waals surface area contributed by atoms with Crippen molar-refractivity contribution in [1.82, 2.24) is 9.78 Å². The van der Waals surface area contributed by atoms with Gasteiger partial charge in [-0.15, -0.1) is 0 Å². The molecule has 0 aliphatic carbocycles. The Balaban J connectivity index is 2.09. The Morgan fingerprint density at radius 2 is 2.44 bits per heavy atom. The first-order chi connectivity index (χ1) is 8.59. The van der Waals surface area contributed by atoms with Crippen LogP contribution in [0.3, 0.4) is 0 Å². The molecule has 2 heterocycles. The van der Waals surface area contributed by atoms with Crippen LogP contribution in [0.4, 0.5) is 5.69 Å². The van der Waals surface area contributed by atoms with Gasteiger partial charge in [-0.25, -0.2) is 4.68 Å². The molecule has 4 nitrogen and oxygen atoms in total. The molecule has 0 aromatic carbocycles. The van der Waals surface area contributed by atoms with Gasteiger partial charge in [-0.2, -0.15) is 16.9 Å². The smallest absolute Gasteiger partial charge is 0.287 e. The Hall–Kier alpha value is -0.680. The minimum Gasteiger partial charge on any atom is -0.382 e. The van der Waals surface area contributed by atoms with Crippen molar-refractivity contribution >= 4 is 29.1 Å². The lowest BCUT2D eigenvalue weighted by molar-refractivity contribution is 0.503. The number of anilines is 1. The molecule has 1 N–H and O–H groups in total. The fourth-order valence-corrected chi connectivity index (χ4v) is 3.42. The minimum absolute atomic E-state index is 0.0234. The number of hydrogen-bond acceptors (Lipinski definition) is 4. The summed E-state index contributed by atoms with van der Waals surface area (Å²) in [5.74, 6) is 3.08. The largest absolute Gasteiger partial charge is 0.382 e. The molecule has 0 radical (unpaired) electrons. The molecule has 1 unspecified atom stereocenters. The maximum Gasteiger partial charge on any atom is 0.287 e. The molecule has 1 aromatic heterocycles. The molecule has 2 rings (SSSR count). The van der Waals surface area contributed by atoms with Gasteiger partial charge in [0.25, 0.3) is 5.56 Å². The Labute approximate surface area is 116 Å². The minimum atomic E-state index is -0.225. The molecule has 1 atom stereocenters. The van der Waals surface area contributed by atoms with Gasteiger partial charge in [-0.3, -0.25) is 4.79 Å². The number of thioether (sulfide) groups is 1. The highest BCUT2D eigenvalue weighted by Gasteiger charge is 2.16. The lowest BCUT2D eigenvalue weighted by Gasteiger charge is -2.14. The van der Waals surface area contributed by atoms with Gasteiger partial charge in [0.2, 0.25) is 0 Å². The van der Waals surface area contributed by atoms with Gasteiger partial charge in [0, 0.05) is 6.54 Å². The molecule has 1 saturated heterocycles. The third-order valence-corrected chi connectivity index (χ3v) is 4.63. The molecule has 0 spiro atoms. The zero-order valence-electron chi connectivity index (χ0n) is 10.6. The van der Waals surface area contributed by atoms with Crippen LogP contribution in [0.15, 0.2) is 11.0 Å². The van der Waals surface area contributed by atoms with Crippen molar-refractivity contribution in [3.05, 3.63) is 21.6 Å².